The number of likely N-dealkylation sites (tertiary alicyclic amines) is 2. The van der Waals surface area contributed by atoms with E-state index in [4.69, 9.17) is 0 Å². The van der Waals surface area contributed by atoms with Crippen LogP contribution >= 0.6 is 0 Å². The zero-order valence-electron chi connectivity index (χ0n) is 21.1. The largest absolute Gasteiger partial charge is 0.507 e. The van der Waals surface area contributed by atoms with Crippen molar-refractivity contribution in [3.05, 3.63) is 69.8 Å². The monoisotopic (exact) mass is 514 g/mol. The maximum absolute atomic E-state index is 13.3. The van der Waals surface area contributed by atoms with Gasteiger partial charge >= 0.3 is 0 Å². The van der Waals surface area contributed by atoms with E-state index in [1.165, 1.54) is 48.6 Å². The molecule has 0 radical (unpaired) electrons. The summed E-state index contributed by atoms with van der Waals surface area (Å²) in [6.07, 6.45) is 11.7. The second-order valence-electron chi connectivity index (χ2n) is 10.0. The molecule has 2 aromatic rings. The van der Waals surface area contributed by atoms with Gasteiger partial charge in [0.2, 0.25) is 11.8 Å². The van der Waals surface area contributed by atoms with Crippen molar-refractivity contribution in [2.24, 2.45) is 0 Å². The van der Waals surface area contributed by atoms with E-state index >= 15 is 0 Å². The van der Waals surface area contributed by atoms with E-state index < -0.39 is 11.6 Å². The Morgan fingerprint density at radius 2 is 0.921 bits per heavy atom. The first kappa shape index (κ1) is 25.4. The summed E-state index contributed by atoms with van der Waals surface area (Å²) in [4.78, 5) is 55.1. The normalized spacial score (nSPS) is 17.7. The third kappa shape index (κ3) is 4.98. The van der Waals surface area contributed by atoms with Crippen LogP contribution in [0.25, 0.3) is 12.2 Å². The molecule has 3 aliphatic rings. The maximum Gasteiger partial charge on any atom is 0.246 e. The second-order valence-corrected chi connectivity index (χ2v) is 10.0. The Kier molecular flexibility index (Phi) is 7.13. The Balaban J connectivity index is 1.40. The molecule has 0 atom stereocenters. The standard InChI is InChI=1S/C30H30N2O6/c33-25-17-23-21(15-19(25)7-9-27(35)31-11-3-1-4-12-31)29(37)24-18-26(34)20(16-22(24)30(23)38)8-10-28(36)32-13-5-2-6-14-32/h7-10,15-18,33-34H,1-6,11-14H2/b9-7+,10-8+. The first-order valence-corrected chi connectivity index (χ1v) is 13.1. The van der Waals surface area contributed by atoms with Crippen molar-refractivity contribution >= 4 is 35.5 Å². The quantitative estimate of drug-likeness (QED) is 0.510. The van der Waals surface area contributed by atoms with Crippen LogP contribution in [0.15, 0.2) is 36.4 Å². The summed E-state index contributed by atoms with van der Waals surface area (Å²) >= 11 is 0. The van der Waals surface area contributed by atoms with Crippen molar-refractivity contribution in [2.45, 2.75) is 38.5 Å². The summed E-state index contributed by atoms with van der Waals surface area (Å²) in [7, 11) is 0. The van der Waals surface area contributed by atoms with E-state index in [0.29, 0.717) is 26.2 Å². The van der Waals surface area contributed by atoms with Gasteiger partial charge in [0.15, 0.2) is 11.6 Å². The SMILES string of the molecule is O=C1c2cc(O)c(/C=C/C(=O)N3CCCCC3)cc2C(=O)c2cc(O)c(/C=C/C(=O)N3CCCCC3)cc21. The number of carbonyl (C=O) groups is 4. The lowest BCUT2D eigenvalue weighted by Gasteiger charge is -2.25. The molecule has 8 heteroatoms. The Bertz CT molecular complexity index is 1270. The first-order chi connectivity index (χ1) is 18.3. The van der Waals surface area contributed by atoms with Crippen molar-refractivity contribution in [3.8, 4) is 11.5 Å². The number of hydrogen-bond acceptors (Lipinski definition) is 6. The average molecular weight is 515 g/mol. The van der Waals surface area contributed by atoms with E-state index in [2.05, 4.69) is 0 Å². The summed E-state index contributed by atoms with van der Waals surface area (Å²) in [6, 6.07) is 5.28. The van der Waals surface area contributed by atoms with E-state index in [9.17, 15) is 29.4 Å². The fourth-order valence-electron chi connectivity index (χ4n) is 5.28. The van der Waals surface area contributed by atoms with Gasteiger partial charge in [0.05, 0.1) is 0 Å². The topological polar surface area (TPSA) is 115 Å². The zero-order chi connectivity index (χ0) is 26.8. The second kappa shape index (κ2) is 10.7. The lowest BCUT2D eigenvalue weighted by molar-refractivity contribution is -0.127. The van der Waals surface area contributed by atoms with Crippen LogP contribution in [-0.4, -0.2) is 69.6 Å². The maximum atomic E-state index is 13.3. The van der Waals surface area contributed by atoms with Crippen LogP contribution in [0.3, 0.4) is 0 Å². The van der Waals surface area contributed by atoms with Crippen LogP contribution in [0.2, 0.25) is 0 Å². The van der Waals surface area contributed by atoms with Crippen LogP contribution < -0.4 is 0 Å². The number of nitrogens with zero attached hydrogens (tertiary/aromatic N) is 2. The number of benzene rings is 2. The van der Waals surface area contributed by atoms with Gasteiger partial charge in [-0.1, -0.05) is 0 Å². The number of piperidine rings is 2. The molecular formula is C30H30N2O6. The molecule has 2 saturated heterocycles. The Morgan fingerprint density at radius 3 is 1.29 bits per heavy atom. The van der Waals surface area contributed by atoms with E-state index in [1.807, 2.05) is 0 Å². The molecule has 0 spiro atoms. The molecule has 2 heterocycles. The van der Waals surface area contributed by atoms with Crippen LogP contribution in [0.5, 0.6) is 11.5 Å². The fourth-order valence-corrected chi connectivity index (χ4v) is 5.28. The number of fused-ring (bicyclic) bond motifs is 2. The smallest absolute Gasteiger partial charge is 0.246 e. The molecule has 8 nitrogen and oxygen atoms in total. The summed E-state index contributed by atoms with van der Waals surface area (Å²) in [5, 5.41) is 21.2. The number of hydrogen-bond donors (Lipinski definition) is 2. The zero-order valence-corrected chi connectivity index (χ0v) is 21.1. The Labute approximate surface area is 220 Å². The third-order valence-electron chi connectivity index (χ3n) is 7.46. The molecular weight excluding hydrogens is 484 g/mol. The van der Waals surface area contributed by atoms with Crippen molar-refractivity contribution in [2.75, 3.05) is 26.2 Å². The minimum Gasteiger partial charge on any atom is -0.507 e. The number of phenolic OH excluding ortho intramolecular Hbond substituents is 2. The molecule has 0 saturated carbocycles. The molecule has 1 aliphatic carbocycles. The van der Waals surface area contributed by atoms with Gasteiger partial charge in [0.1, 0.15) is 11.5 Å². The van der Waals surface area contributed by atoms with Crippen LogP contribution in [0.4, 0.5) is 0 Å². The molecule has 2 amide bonds. The van der Waals surface area contributed by atoms with Gasteiger partial charge in [-0.3, -0.25) is 19.2 Å². The summed E-state index contributed by atoms with van der Waals surface area (Å²) in [5.74, 6) is -1.72. The van der Waals surface area contributed by atoms with Crippen molar-refractivity contribution in [1.29, 1.82) is 0 Å². The van der Waals surface area contributed by atoms with Gasteiger partial charge in [-0.25, -0.2) is 0 Å². The van der Waals surface area contributed by atoms with E-state index in [0.717, 1.165) is 38.5 Å². The number of carbonyl (C=O) groups excluding carboxylic acids is 4. The lowest BCUT2D eigenvalue weighted by Crippen LogP contribution is -2.34. The van der Waals surface area contributed by atoms with Crippen molar-refractivity contribution < 1.29 is 29.4 Å². The third-order valence-corrected chi connectivity index (χ3v) is 7.46. The van der Waals surface area contributed by atoms with Gasteiger partial charge in [-0.15, -0.1) is 0 Å². The molecule has 5 rings (SSSR count). The Morgan fingerprint density at radius 1 is 0.579 bits per heavy atom. The number of rotatable bonds is 4. The first-order valence-electron chi connectivity index (χ1n) is 13.1. The summed E-state index contributed by atoms with van der Waals surface area (Å²) < 4.78 is 0. The average Bonchev–Trinajstić information content (AvgIpc) is 2.94. The van der Waals surface area contributed by atoms with Crippen LogP contribution in [0, 0.1) is 0 Å². The van der Waals surface area contributed by atoms with E-state index in [1.54, 1.807) is 9.80 Å². The molecule has 0 unspecified atom stereocenters. The number of phenols is 2. The number of ketones is 2. The minimum absolute atomic E-state index is 0.0459. The van der Waals surface area contributed by atoms with Gasteiger partial charge in [-0.05, 0) is 74.9 Å². The van der Waals surface area contributed by atoms with Crippen LogP contribution in [0.1, 0.15) is 81.5 Å². The number of aromatic hydroxyl groups is 2. The van der Waals surface area contributed by atoms with Crippen molar-refractivity contribution in [1.82, 2.24) is 9.80 Å². The highest BCUT2D eigenvalue weighted by Gasteiger charge is 2.32. The Hall–Kier alpha value is -4.20. The molecule has 2 aromatic carbocycles. The lowest BCUT2D eigenvalue weighted by atomic mass is 9.82. The molecule has 38 heavy (non-hydrogen) atoms. The van der Waals surface area contributed by atoms with Gasteiger partial charge in [0, 0.05) is 71.7 Å². The summed E-state index contributed by atoms with van der Waals surface area (Å²) in [6.45, 7) is 2.76. The molecule has 0 aromatic heterocycles. The predicted octanol–water partition coefficient (Wildman–Crippen LogP) is 3.92. The van der Waals surface area contributed by atoms with Crippen LogP contribution in [-0.2, 0) is 9.59 Å². The highest BCUT2D eigenvalue weighted by Crippen LogP contribution is 2.35. The molecule has 0 bridgehead atoms. The molecule has 2 fully saturated rings. The fraction of sp³-hybridized carbons (Fsp3) is 0.333. The highest BCUT2D eigenvalue weighted by molar-refractivity contribution is 6.29. The molecule has 2 N–H and O–H groups in total. The minimum atomic E-state index is -0.471. The predicted molar refractivity (Wildman–Crippen MR) is 142 cm³/mol. The van der Waals surface area contributed by atoms with E-state index in [-0.39, 0.29) is 56.7 Å². The molecule has 196 valence electrons. The molecule has 2 aliphatic heterocycles. The number of amides is 2. The van der Waals surface area contributed by atoms with Gasteiger partial charge in [0.25, 0.3) is 0 Å². The van der Waals surface area contributed by atoms with Gasteiger partial charge < -0.3 is 20.0 Å². The van der Waals surface area contributed by atoms with Gasteiger partial charge in [-0.2, -0.15) is 0 Å². The summed E-state index contributed by atoms with van der Waals surface area (Å²) in [5.41, 5.74) is 0.771. The highest BCUT2D eigenvalue weighted by atomic mass is 16.3. The van der Waals surface area contributed by atoms with Crippen molar-refractivity contribution in [3.63, 3.8) is 0 Å².